The van der Waals surface area contributed by atoms with Crippen molar-refractivity contribution in [3.8, 4) is 0 Å². The zero-order chi connectivity index (χ0) is 20.7. The van der Waals surface area contributed by atoms with E-state index in [1.807, 2.05) is 6.07 Å². The molecule has 3 heterocycles. The zero-order valence-electron chi connectivity index (χ0n) is 16.1. The highest BCUT2D eigenvalue weighted by Gasteiger charge is 2.26. The summed E-state index contributed by atoms with van der Waals surface area (Å²) in [4.78, 5) is 44.6. The molecule has 3 aromatic rings. The highest BCUT2D eigenvalue weighted by molar-refractivity contribution is 7.99. The van der Waals surface area contributed by atoms with Gasteiger partial charge in [-0.15, -0.1) is 0 Å². The van der Waals surface area contributed by atoms with Crippen molar-refractivity contribution in [1.82, 2.24) is 9.55 Å². The summed E-state index contributed by atoms with van der Waals surface area (Å²) in [7, 11) is 3.31. The van der Waals surface area contributed by atoms with E-state index >= 15 is 0 Å². The Bertz CT molecular complexity index is 1220. The first kappa shape index (κ1) is 18.9. The number of hydrogen-bond acceptors (Lipinski definition) is 5. The molecule has 29 heavy (non-hydrogen) atoms. The van der Waals surface area contributed by atoms with E-state index in [-0.39, 0.29) is 17.0 Å². The van der Waals surface area contributed by atoms with Gasteiger partial charge in [0.1, 0.15) is 10.6 Å². The monoisotopic (exact) mass is 406 g/mol. The fourth-order valence-corrected chi connectivity index (χ4v) is 4.10. The molecule has 1 aliphatic heterocycles. The number of carbonyl (C=O) groups is 2. The first-order valence-corrected chi connectivity index (χ1v) is 9.71. The van der Waals surface area contributed by atoms with E-state index in [2.05, 4.69) is 10.3 Å². The molecular formula is C21H18N4O3S. The smallest absolute Gasteiger partial charge is 0.263 e. The molecule has 2 amide bonds. The highest BCUT2D eigenvalue weighted by Crippen LogP contribution is 2.40. The standard InChI is InChI=1S/C21H18N4O3S/c1-12-6-8-14(20(27)24(12)2)18(26)23-13-7-9-17-15(11-13)21(28)25(3)16-5-4-10-22-19(16)29-17/h4-11H,1-3H3,(H,23,26). The summed E-state index contributed by atoms with van der Waals surface area (Å²) in [5.41, 5.74) is 2.07. The molecule has 1 aliphatic rings. The van der Waals surface area contributed by atoms with Crippen molar-refractivity contribution >= 4 is 35.0 Å². The number of carbonyl (C=O) groups excluding carboxylic acids is 2. The molecule has 146 valence electrons. The van der Waals surface area contributed by atoms with Crippen molar-refractivity contribution in [2.45, 2.75) is 16.8 Å². The molecule has 7 nitrogen and oxygen atoms in total. The topological polar surface area (TPSA) is 84.3 Å². The van der Waals surface area contributed by atoms with Gasteiger partial charge in [0.05, 0.1) is 11.3 Å². The molecule has 0 fully saturated rings. The van der Waals surface area contributed by atoms with Crippen LogP contribution in [0.25, 0.3) is 0 Å². The average molecular weight is 406 g/mol. The molecule has 0 bridgehead atoms. The quantitative estimate of drug-likeness (QED) is 0.707. The lowest BCUT2D eigenvalue weighted by atomic mass is 10.1. The Kier molecular flexibility index (Phi) is 4.71. The number of benzene rings is 1. The van der Waals surface area contributed by atoms with E-state index in [9.17, 15) is 14.4 Å². The van der Waals surface area contributed by atoms with Gasteiger partial charge in [0.2, 0.25) is 0 Å². The van der Waals surface area contributed by atoms with E-state index in [0.29, 0.717) is 11.3 Å². The predicted octanol–water partition coefficient (Wildman–Crippen LogP) is 3.08. The minimum atomic E-state index is -0.516. The van der Waals surface area contributed by atoms with Crippen molar-refractivity contribution < 1.29 is 9.59 Å². The lowest BCUT2D eigenvalue weighted by Crippen LogP contribution is -2.29. The van der Waals surface area contributed by atoms with Crippen molar-refractivity contribution in [2.24, 2.45) is 7.05 Å². The number of fused-ring (bicyclic) bond motifs is 2. The molecule has 1 aromatic carbocycles. The number of aromatic nitrogens is 2. The fourth-order valence-electron chi connectivity index (χ4n) is 3.07. The van der Waals surface area contributed by atoms with Gasteiger partial charge in [-0.1, -0.05) is 11.8 Å². The molecule has 0 unspecified atom stereocenters. The van der Waals surface area contributed by atoms with Crippen LogP contribution >= 0.6 is 11.8 Å². The van der Waals surface area contributed by atoms with Gasteiger partial charge in [-0.3, -0.25) is 14.4 Å². The third kappa shape index (κ3) is 3.31. The first-order chi connectivity index (χ1) is 13.9. The summed E-state index contributed by atoms with van der Waals surface area (Å²) in [6.45, 7) is 1.79. The van der Waals surface area contributed by atoms with Crippen molar-refractivity contribution in [1.29, 1.82) is 0 Å². The van der Waals surface area contributed by atoms with Gasteiger partial charge < -0.3 is 14.8 Å². The van der Waals surface area contributed by atoms with E-state index in [4.69, 9.17) is 0 Å². The van der Waals surface area contributed by atoms with Crippen molar-refractivity contribution in [3.63, 3.8) is 0 Å². The maximum absolute atomic E-state index is 13.0. The largest absolute Gasteiger partial charge is 0.322 e. The van der Waals surface area contributed by atoms with Crippen LogP contribution in [0.2, 0.25) is 0 Å². The number of nitrogens with one attached hydrogen (secondary N) is 1. The van der Waals surface area contributed by atoms with Gasteiger partial charge in [0, 0.05) is 36.6 Å². The summed E-state index contributed by atoms with van der Waals surface area (Å²) < 4.78 is 1.42. The second kappa shape index (κ2) is 7.21. The summed E-state index contributed by atoms with van der Waals surface area (Å²) in [6, 6.07) is 12.0. The van der Waals surface area contributed by atoms with Crippen LogP contribution in [0.1, 0.15) is 26.4 Å². The van der Waals surface area contributed by atoms with Crippen molar-refractivity contribution in [2.75, 3.05) is 17.3 Å². The molecule has 1 N–H and O–H groups in total. The average Bonchev–Trinajstić information content (AvgIpc) is 2.82. The second-order valence-corrected chi connectivity index (χ2v) is 7.74. The highest BCUT2D eigenvalue weighted by atomic mass is 32.2. The maximum atomic E-state index is 13.0. The number of anilines is 2. The fraction of sp³-hybridized carbons (Fsp3) is 0.143. The third-order valence-corrected chi connectivity index (χ3v) is 5.98. The predicted molar refractivity (Wildman–Crippen MR) is 112 cm³/mol. The molecular weight excluding hydrogens is 388 g/mol. The van der Waals surface area contributed by atoms with Gasteiger partial charge in [0.15, 0.2) is 0 Å². The number of amides is 2. The molecule has 0 saturated heterocycles. The lowest BCUT2D eigenvalue weighted by molar-refractivity contribution is 0.0987. The van der Waals surface area contributed by atoms with Crippen LogP contribution < -0.4 is 15.8 Å². The summed E-state index contributed by atoms with van der Waals surface area (Å²) in [6.07, 6.45) is 1.69. The van der Waals surface area contributed by atoms with Gasteiger partial charge >= 0.3 is 0 Å². The van der Waals surface area contributed by atoms with Crippen LogP contribution in [-0.2, 0) is 7.05 Å². The Labute approximate surface area is 171 Å². The maximum Gasteiger partial charge on any atom is 0.263 e. The van der Waals surface area contributed by atoms with E-state index < -0.39 is 5.91 Å². The van der Waals surface area contributed by atoms with Crippen LogP contribution in [0.5, 0.6) is 0 Å². The third-order valence-electron chi connectivity index (χ3n) is 4.89. The van der Waals surface area contributed by atoms with Crippen molar-refractivity contribution in [3.05, 3.63) is 75.8 Å². The number of aryl methyl sites for hydroxylation is 1. The number of rotatable bonds is 2. The Hall–Kier alpha value is -3.39. The SMILES string of the molecule is Cc1ccc(C(=O)Nc2ccc3c(c2)C(=O)N(C)c2cccnc2S3)c(=O)n1C. The van der Waals surface area contributed by atoms with Crippen LogP contribution in [0.3, 0.4) is 0 Å². The normalized spacial score (nSPS) is 12.8. The summed E-state index contributed by atoms with van der Waals surface area (Å²) in [5.74, 6) is -0.709. The molecule has 2 aromatic heterocycles. The molecule has 0 spiro atoms. The summed E-state index contributed by atoms with van der Waals surface area (Å²) in [5, 5.41) is 3.46. The Balaban J connectivity index is 1.68. The van der Waals surface area contributed by atoms with Gasteiger partial charge in [-0.2, -0.15) is 0 Å². The molecule has 0 atom stereocenters. The van der Waals surface area contributed by atoms with Gasteiger partial charge in [-0.05, 0) is 49.4 Å². The van der Waals surface area contributed by atoms with Gasteiger partial charge in [-0.25, -0.2) is 4.98 Å². The Morgan fingerprint density at radius 3 is 2.69 bits per heavy atom. The summed E-state index contributed by atoms with van der Waals surface area (Å²) >= 11 is 1.40. The van der Waals surface area contributed by atoms with Crippen LogP contribution in [-0.4, -0.2) is 28.4 Å². The second-order valence-electron chi connectivity index (χ2n) is 6.71. The first-order valence-electron chi connectivity index (χ1n) is 8.90. The zero-order valence-corrected chi connectivity index (χ0v) is 16.9. The molecule has 8 heteroatoms. The number of pyridine rings is 2. The Morgan fingerprint density at radius 1 is 1.10 bits per heavy atom. The van der Waals surface area contributed by atoms with Crippen LogP contribution in [0.4, 0.5) is 11.4 Å². The minimum Gasteiger partial charge on any atom is -0.322 e. The lowest BCUT2D eigenvalue weighted by Gasteiger charge is -2.16. The van der Waals surface area contributed by atoms with E-state index in [0.717, 1.165) is 21.3 Å². The van der Waals surface area contributed by atoms with E-state index in [1.54, 1.807) is 62.4 Å². The number of hydrogen-bond donors (Lipinski definition) is 1. The minimum absolute atomic E-state index is 0.0440. The van der Waals surface area contributed by atoms with Crippen LogP contribution in [0.15, 0.2) is 63.4 Å². The van der Waals surface area contributed by atoms with Crippen LogP contribution in [0, 0.1) is 6.92 Å². The van der Waals surface area contributed by atoms with E-state index in [1.165, 1.54) is 22.4 Å². The molecule has 4 rings (SSSR count). The molecule has 0 saturated carbocycles. The molecule has 0 aliphatic carbocycles. The van der Waals surface area contributed by atoms with Gasteiger partial charge in [0.25, 0.3) is 17.4 Å². The number of nitrogens with zero attached hydrogens (tertiary/aromatic N) is 3. The molecule has 0 radical (unpaired) electrons. The Morgan fingerprint density at radius 2 is 1.90 bits per heavy atom.